The fraction of sp³-hybridized carbons (Fsp3) is 0.833. The Hall–Kier alpha value is -0.690. The molecule has 0 aliphatic heterocycles. The average molecular weight is 214 g/mol. The highest BCUT2D eigenvalue weighted by atomic mass is 32.2. The lowest BCUT2D eigenvalue weighted by atomic mass is 10.7. The second-order valence-corrected chi connectivity index (χ2v) is 3.60. The minimum atomic E-state index is -4.47. The van der Waals surface area contributed by atoms with Crippen molar-refractivity contribution < 1.29 is 26.5 Å². The summed E-state index contributed by atoms with van der Waals surface area (Å²) in [5.74, 6) is -1.45. The number of hydrogen-bond donors (Lipinski definition) is 0. The molecule has 0 spiro atoms. The van der Waals surface area contributed by atoms with Gasteiger partial charge in [0.2, 0.25) is 0 Å². The molecule has 13 heavy (non-hydrogen) atoms. The van der Waals surface area contributed by atoms with Gasteiger partial charge in [0.1, 0.15) is 0 Å². The van der Waals surface area contributed by atoms with E-state index in [4.69, 9.17) is 0 Å². The molecule has 0 fully saturated rings. The lowest BCUT2D eigenvalue weighted by molar-refractivity contribution is -0.145. The predicted octanol–water partition coefficient (Wildman–Crippen LogP) is 0.211. The van der Waals surface area contributed by atoms with E-state index in [9.17, 15) is 17.6 Å². The molecule has 0 bridgehead atoms. The maximum absolute atomic E-state index is 12.8. The summed E-state index contributed by atoms with van der Waals surface area (Å²) in [6.07, 6.45) is 0. The second kappa shape index (κ2) is 5.13. The van der Waals surface area contributed by atoms with Crippen LogP contribution in [0.1, 0.15) is 13.8 Å². The molecular formula is C6H11FO5S. The van der Waals surface area contributed by atoms with Gasteiger partial charge in [0.25, 0.3) is 0 Å². The molecule has 0 amide bonds. The maximum Gasteiger partial charge on any atom is 0.359 e. The minimum Gasteiger partial charge on any atom is -0.463 e. The number of alkyl halides is 1. The summed E-state index contributed by atoms with van der Waals surface area (Å²) in [5.41, 5.74) is -2.76. The van der Waals surface area contributed by atoms with E-state index in [-0.39, 0.29) is 13.2 Å². The van der Waals surface area contributed by atoms with E-state index in [1.54, 1.807) is 0 Å². The fourth-order valence-electron chi connectivity index (χ4n) is 0.550. The molecule has 0 heterocycles. The van der Waals surface area contributed by atoms with Crippen LogP contribution in [0.15, 0.2) is 0 Å². The third kappa shape index (κ3) is 3.69. The predicted molar refractivity (Wildman–Crippen MR) is 42.1 cm³/mol. The Balaban J connectivity index is 4.40. The van der Waals surface area contributed by atoms with Crippen molar-refractivity contribution >= 4 is 16.1 Å². The molecule has 0 aliphatic carbocycles. The maximum atomic E-state index is 12.8. The summed E-state index contributed by atoms with van der Waals surface area (Å²) in [6.45, 7) is 2.51. The van der Waals surface area contributed by atoms with E-state index in [1.807, 2.05) is 0 Å². The minimum absolute atomic E-state index is 0.0824. The van der Waals surface area contributed by atoms with Crippen LogP contribution in [-0.4, -0.2) is 33.1 Å². The van der Waals surface area contributed by atoms with Crippen molar-refractivity contribution in [2.75, 3.05) is 13.2 Å². The quantitative estimate of drug-likeness (QED) is 0.483. The van der Waals surface area contributed by atoms with Gasteiger partial charge in [0.15, 0.2) is 0 Å². The number of rotatable bonds is 5. The van der Waals surface area contributed by atoms with E-state index in [0.717, 1.165) is 0 Å². The SMILES string of the molecule is CCOC(=O)C(F)S(=O)(=O)OCC. The monoisotopic (exact) mass is 214 g/mol. The van der Waals surface area contributed by atoms with Crippen LogP contribution < -0.4 is 0 Å². The van der Waals surface area contributed by atoms with E-state index in [1.165, 1.54) is 13.8 Å². The molecule has 0 rings (SSSR count). The van der Waals surface area contributed by atoms with E-state index >= 15 is 0 Å². The van der Waals surface area contributed by atoms with Crippen LogP contribution in [0.25, 0.3) is 0 Å². The highest BCUT2D eigenvalue weighted by molar-refractivity contribution is 7.87. The van der Waals surface area contributed by atoms with Crippen molar-refractivity contribution in [3.05, 3.63) is 0 Å². The summed E-state index contributed by atoms with van der Waals surface area (Å²) in [4.78, 5) is 10.6. The lowest BCUT2D eigenvalue weighted by Crippen LogP contribution is -2.29. The van der Waals surface area contributed by atoms with Gasteiger partial charge in [-0.2, -0.15) is 8.42 Å². The molecule has 0 N–H and O–H groups in total. The summed E-state index contributed by atoms with van der Waals surface area (Å²) in [5, 5.41) is 0. The summed E-state index contributed by atoms with van der Waals surface area (Å²) in [7, 11) is -4.47. The Morgan fingerprint density at radius 3 is 2.31 bits per heavy atom. The van der Waals surface area contributed by atoms with Gasteiger partial charge >= 0.3 is 21.6 Å². The highest BCUT2D eigenvalue weighted by Crippen LogP contribution is 2.07. The Bertz CT molecular complexity index is 260. The van der Waals surface area contributed by atoms with Crippen molar-refractivity contribution in [2.45, 2.75) is 19.4 Å². The highest BCUT2D eigenvalue weighted by Gasteiger charge is 2.34. The molecule has 0 aromatic carbocycles. The summed E-state index contributed by atoms with van der Waals surface area (Å²) in [6, 6.07) is 0. The third-order valence-corrected chi connectivity index (χ3v) is 2.27. The van der Waals surface area contributed by atoms with E-state index in [2.05, 4.69) is 8.92 Å². The van der Waals surface area contributed by atoms with E-state index in [0.29, 0.717) is 0 Å². The second-order valence-electron chi connectivity index (χ2n) is 1.97. The number of ether oxygens (including phenoxy) is 1. The van der Waals surface area contributed by atoms with Gasteiger partial charge in [0.05, 0.1) is 13.2 Å². The Kier molecular flexibility index (Phi) is 4.86. The van der Waals surface area contributed by atoms with Crippen molar-refractivity contribution in [3.63, 3.8) is 0 Å². The van der Waals surface area contributed by atoms with Gasteiger partial charge in [-0.05, 0) is 13.8 Å². The largest absolute Gasteiger partial charge is 0.463 e. The lowest BCUT2D eigenvalue weighted by Gasteiger charge is -2.07. The van der Waals surface area contributed by atoms with Crippen LogP contribution >= 0.6 is 0 Å². The van der Waals surface area contributed by atoms with Crippen molar-refractivity contribution in [1.29, 1.82) is 0 Å². The van der Waals surface area contributed by atoms with Crippen LogP contribution in [0.4, 0.5) is 4.39 Å². The number of esters is 1. The summed E-state index contributed by atoms with van der Waals surface area (Å²) < 4.78 is 42.5. The van der Waals surface area contributed by atoms with Crippen LogP contribution in [0.3, 0.4) is 0 Å². The Labute approximate surface area is 76.0 Å². The molecule has 7 heteroatoms. The number of halogens is 1. The number of carbonyl (C=O) groups excluding carboxylic acids is 1. The van der Waals surface area contributed by atoms with Gasteiger partial charge < -0.3 is 4.74 Å². The normalized spacial score (nSPS) is 13.8. The first-order valence-electron chi connectivity index (χ1n) is 3.64. The number of hydrogen-bond acceptors (Lipinski definition) is 5. The van der Waals surface area contributed by atoms with Gasteiger partial charge in [-0.3, -0.25) is 4.18 Å². The molecule has 0 saturated carbocycles. The average Bonchev–Trinajstić information content (AvgIpc) is 2.03. The molecule has 1 atom stereocenters. The summed E-state index contributed by atoms with van der Waals surface area (Å²) >= 11 is 0. The molecule has 0 saturated heterocycles. The van der Waals surface area contributed by atoms with Gasteiger partial charge in [-0.15, -0.1) is 0 Å². The zero-order chi connectivity index (χ0) is 10.5. The van der Waals surface area contributed by atoms with Crippen molar-refractivity contribution in [1.82, 2.24) is 0 Å². The Morgan fingerprint density at radius 1 is 1.38 bits per heavy atom. The molecule has 1 unspecified atom stereocenters. The molecule has 5 nitrogen and oxygen atoms in total. The third-order valence-electron chi connectivity index (χ3n) is 1.01. The topological polar surface area (TPSA) is 69.7 Å². The van der Waals surface area contributed by atoms with Crippen LogP contribution in [0.5, 0.6) is 0 Å². The zero-order valence-electron chi connectivity index (χ0n) is 7.32. The zero-order valence-corrected chi connectivity index (χ0v) is 8.14. The van der Waals surface area contributed by atoms with Crippen LogP contribution in [0, 0.1) is 0 Å². The van der Waals surface area contributed by atoms with Crippen LogP contribution in [-0.2, 0) is 23.8 Å². The molecular weight excluding hydrogens is 203 g/mol. The van der Waals surface area contributed by atoms with Crippen molar-refractivity contribution in [3.8, 4) is 0 Å². The molecule has 0 radical (unpaired) electrons. The van der Waals surface area contributed by atoms with Crippen LogP contribution in [0.2, 0.25) is 0 Å². The van der Waals surface area contributed by atoms with E-state index < -0.39 is 21.6 Å². The van der Waals surface area contributed by atoms with Gasteiger partial charge in [0, 0.05) is 0 Å². The molecule has 0 aromatic rings. The molecule has 0 aromatic heterocycles. The first kappa shape index (κ1) is 12.3. The fourth-order valence-corrected chi connectivity index (χ4v) is 1.30. The molecule has 78 valence electrons. The Morgan fingerprint density at radius 2 is 1.92 bits per heavy atom. The van der Waals surface area contributed by atoms with Crippen molar-refractivity contribution in [2.24, 2.45) is 0 Å². The number of carbonyl (C=O) groups is 1. The van der Waals surface area contributed by atoms with Gasteiger partial charge in [-0.1, -0.05) is 0 Å². The van der Waals surface area contributed by atoms with Gasteiger partial charge in [-0.25, -0.2) is 9.18 Å². The first-order chi connectivity index (χ1) is 5.95. The first-order valence-corrected chi connectivity index (χ1v) is 5.11. The standard InChI is InChI=1S/C6H11FO5S/c1-3-11-6(8)5(7)13(9,10)12-4-2/h5H,3-4H2,1-2H3. The molecule has 0 aliphatic rings. The smallest absolute Gasteiger partial charge is 0.359 e.